The summed E-state index contributed by atoms with van der Waals surface area (Å²) in [7, 11) is -6.35. The molecule has 126 valence electrons. The molecule has 1 aliphatic rings. The lowest BCUT2D eigenvalue weighted by molar-refractivity contribution is 0.128. The van der Waals surface area contributed by atoms with Crippen molar-refractivity contribution in [1.82, 2.24) is 19.5 Å². The minimum Gasteiger partial charge on any atom is -0.392 e. The second kappa shape index (κ2) is 5.89. The van der Waals surface area contributed by atoms with Crippen LogP contribution in [0.25, 0.3) is 11.2 Å². The maximum absolute atomic E-state index is 12.6. The molecule has 3 rings (SSSR count). The Morgan fingerprint density at radius 3 is 2.87 bits per heavy atom. The summed E-state index contributed by atoms with van der Waals surface area (Å²) < 4.78 is 29.2. The van der Waals surface area contributed by atoms with Gasteiger partial charge in [-0.1, -0.05) is 0 Å². The molecule has 0 spiro atoms. The Kier molecular flexibility index (Phi) is 4.21. The van der Waals surface area contributed by atoms with Crippen LogP contribution in [0, 0.1) is 0 Å². The zero-order valence-corrected chi connectivity index (χ0v) is 13.3. The highest BCUT2D eigenvalue weighted by Gasteiger charge is 2.43. The maximum Gasteiger partial charge on any atom is 0.469 e. The first-order valence-electron chi connectivity index (χ1n) is 6.48. The number of imidazole rings is 1. The summed E-state index contributed by atoms with van der Waals surface area (Å²) in [4.78, 5) is 29.4. The van der Waals surface area contributed by atoms with Gasteiger partial charge < -0.3 is 20.6 Å². The Bertz CT molecular complexity index is 808. The third kappa shape index (κ3) is 3.13. The summed E-state index contributed by atoms with van der Waals surface area (Å²) in [6, 6.07) is 0. The first-order valence-corrected chi connectivity index (χ1v) is 9.29. The summed E-state index contributed by atoms with van der Waals surface area (Å²) in [5, 5.41) is 8.45. The number of nitrogen functional groups attached to an aromatic ring is 1. The van der Waals surface area contributed by atoms with E-state index in [-0.39, 0.29) is 12.2 Å². The Balaban J connectivity index is 1.88. The number of aromatic nitrogens is 4. The molecule has 0 bridgehead atoms. The average molecular weight is 363 g/mol. The fraction of sp³-hybridized carbons (Fsp3) is 0.500. The first-order chi connectivity index (χ1) is 10.8. The Labute approximate surface area is 132 Å². The molecule has 2 unspecified atom stereocenters. The van der Waals surface area contributed by atoms with Gasteiger partial charge in [-0.15, -0.1) is 0 Å². The van der Waals surface area contributed by atoms with E-state index < -0.39 is 42.0 Å². The molecule has 0 aliphatic carbocycles. The third-order valence-corrected chi connectivity index (χ3v) is 6.03. The highest BCUT2D eigenvalue weighted by Crippen LogP contribution is 2.40. The number of fused-ring (bicyclic) bond motifs is 1. The van der Waals surface area contributed by atoms with Gasteiger partial charge in [0.25, 0.3) is 0 Å². The Morgan fingerprint density at radius 1 is 1.43 bits per heavy atom. The molecule has 23 heavy (non-hydrogen) atoms. The molecule has 4 atom stereocenters. The van der Waals surface area contributed by atoms with E-state index in [1.807, 2.05) is 0 Å². The second-order valence-corrected chi connectivity index (χ2v) is 8.04. The van der Waals surface area contributed by atoms with Crippen molar-refractivity contribution in [2.24, 2.45) is 0 Å². The van der Waals surface area contributed by atoms with Crippen molar-refractivity contribution < 1.29 is 28.2 Å². The van der Waals surface area contributed by atoms with Crippen molar-refractivity contribution in [3.05, 3.63) is 12.7 Å². The fourth-order valence-electron chi connectivity index (χ4n) is 2.46. The molecule has 5 N–H and O–H groups in total. The molecule has 13 heteroatoms. The molecule has 2 aromatic rings. The number of hydrogen-bond acceptors (Lipinski definition) is 8. The first kappa shape index (κ1) is 16.4. The van der Waals surface area contributed by atoms with Crippen LogP contribution in [0.2, 0.25) is 0 Å². The van der Waals surface area contributed by atoms with Gasteiger partial charge in [0, 0.05) is 6.42 Å². The van der Waals surface area contributed by atoms with Gasteiger partial charge in [0.1, 0.15) is 17.2 Å². The fourth-order valence-corrected chi connectivity index (χ4v) is 4.71. The van der Waals surface area contributed by atoms with Gasteiger partial charge in [0.05, 0.1) is 35.1 Å². The number of phosphoric ester groups is 1. The smallest absolute Gasteiger partial charge is 0.392 e. The highest BCUT2D eigenvalue weighted by atomic mass is 32.2. The summed E-state index contributed by atoms with van der Waals surface area (Å²) in [6.07, 6.45) is 1.72. The van der Waals surface area contributed by atoms with Crippen LogP contribution >= 0.6 is 7.82 Å². The normalized spacial score (nSPS) is 28.5. The highest BCUT2D eigenvalue weighted by molar-refractivity contribution is 7.86. The van der Waals surface area contributed by atoms with Crippen LogP contribution < -0.4 is 5.73 Å². The van der Waals surface area contributed by atoms with Crippen LogP contribution in [0.1, 0.15) is 11.8 Å². The van der Waals surface area contributed by atoms with E-state index in [1.54, 1.807) is 0 Å². The van der Waals surface area contributed by atoms with Crippen molar-refractivity contribution >= 4 is 35.6 Å². The van der Waals surface area contributed by atoms with E-state index in [4.69, 9.17) is 15.5 Å². The summed E-state index contributed by atoms with van der Waals surface area (Å²) in [5.41, 5.74) is 6.42. The zero-order valence-electron chi connectivity index (χ0n) is 11.6. The van der Waals surface area contributed by atoms with Crippen molar-refractivity contribution in [1.29, 1.82) is 0 Å². The van der Waals surface area contributed by atoms with Crippen molar-refractivity contribution in [3.63, 3.8) is 0 Å². The van der Waals surface area contributed by atoms with E-state index in [0.29, 0.717) is 11.2 Å². The SMILES string of the molecule is Nc1ncnc2c1ncn2C1C[C@H](O)[C@@H](COP(=O)(O)O)S1=O. The Morgan fingerprint density at radius 2 is 2.17 bits per heavy atom. The lowest BCUT2D eigenvalue weighted by Crippen LogP contribution is -2.28. The van der Waals surface area contributed by atoms with Crippen LogP contribution in [0.3, 0.4) is 0 Å². The van der Waals surface area contributed by atoms with Gasteiger partial charge >= 0.3 is 7.82 Å². The molecule has 1 saturated heterocycles. The number of phosphoric acid groups is 1. The van der Waals surface area contributed by atoms with Crippen molar-refractivity contribution in [2.75, 3.05) is 12.3 Å². The predicted molar refractivity (Wildman–Crippen MR) is 79.3 cm³/mol. The number of aliphatic hydroxyl groups is 1. The topological polar surface area (TPSA) is 174 Å². The molecule has 0 aromatic carbocycles. The molecule has 11 nitrogen and oxygen atoms in total. The van der Waals surface area contributed by atoms with Crippen molar-refractivity contribution in [3.8, 4) is 0 Å². The molecular weight excluding hydrogens is 349 g/mol. The number of hydrogen-bond donors (Lipinski definition) is 4. The molecule has 1 fully saturated rings. The van der Waals surface area contributed by atoms with Gasteiger partial charge in [0.2, 0.25) is 0 Å². The third-order valence-electron chi connectivity index (χ3n) is 3.54. The van der Waals surface area contributed by atoms with Crippen LogP contribution in [0.15, 0.2) is 12.7 Å². The summed E-state index contributed by atoms with van der Waals surface area (Å²) in [5.74, 6) is 0.180. The zero-order chi connectivity index (χ0) is 16.8. The molecule has 0 radical (unpaired) electrons. The van der Waals surface area contributed by atoms with Crippen LogP contribution in [-0.2, 0) is 19.9 Å². The number of nitrogens with two attached hydrogens (primary N) is 1. The standard InChI is InChI=1S/C10H14N5O6PS/c11-9-8-10(13-3-12-9)15(4-14-8)7-1-5(16)6(23(7)20)2-21-22(17,18)19/h3-7,16H,1-2H2,(H2,11,12,13)(H2,17,18,19)/t5-,6+,7?,23?/m0/s1. The molecule has 1 aliphatic heterocycles. The van der Waals surface area contributed by atoms with Crippen LogP contribution in [0.5, 0.6) is 0 Å². The minimum absolute atomic E-state index is 0.108. The van der Waals surface area contributed by atoms with E-state index in [9.17, 15) is 13.9 Å². The van der Waals surface area contributed by atoms with E-state index >= 15 is 0 Å². The molecular formula is C10H14N5O6PS. The lowest BCUT2D eigenvalue weighted by atomic mass is 10.2. The van der Waals surface area contributed by atoms with Crippen LogP contribution in [-0.4, -0.2) is 56.6 Å². The Hall–Kier alpha value is -1.43. The van der Waals surface area contributed by atoms with E-state index in [1.165, 1.54) is 17.2 Å². The number of rotatable bonds is 4. The molecule has 3 heterocycles. The van der Waals surface area contributed by atoms with Gasteiger partial charge in [0.15, 0.2) is 11.5 Å². The van der Waals surface area contributed by atoms with Gasteiger partial charge in [-0.2, -0.15) is 0 Å². The minimum atomic E-state index is -4.70. The van der Waals surface area contributed by atoms with Gasteiger partial charge in [-0.25, -0.2) is 19.5 Å². The molecule has 0 amide bonds. The molecule has 2 aromatic heterocycles. The lowest BCUT2D eigenvalue weighted by Gasteiger charge is -2.14. The predicted octanol–water partition coefficient (Wildman–Crippen LogP) is -1.10. The maximum atomic E-state index is 12.6. The average Bonchev–Trinajstić information content (AvgIpc) is 2.99. The van der Waals surface area contributed by atoms with Gasteiger partial charge in [-0.05, 0) is 0 Å². The van der Waals surface area contributed by atoms with E-state index in [2.05, 4.69) is 19.5 Å². The number of nitrogens with zero attached hydrogens (tertiary/aromatic N) is 4. The van der Waals surface area contributed by atoms with Gasteiger partial charge in [-0.3, -0.25) is 13.3 Å². The number of aliphatic hydroxyl groups excluding tert-OH is 1. The van der Waals surface area contributed by atoms with E-state index in [0.717, 1.165) is 0 Å². The monoisotopic (exact) mass is 363 g/mol. The van der Waals surface area contributed by atoms with Crippen molar-refractivity contribution in [2.45, 2.75) is 23.1 Å². The quantitative estimate of drug-likeness (QED) is 0.488. The number of anilines is 1. The second-order valence-electron chi connectivity index (χ2n) is 4.99. The summed E-state index contributed by atoms with van der Waals surface area (Å²) in [6.45, 7) is -0.516. The summed E-state index contributed by atoms with van der Waals surface area (Å²) >= 11 is 0. The largest absolute Gasteiger partial charge is 0.469 e. The molecule has 0 saturated carbocycles. The van der Waals surface area contributed by atoms with Crippen LogP contribution in [0.4, 0.5) is 5.82 Å².